The predicted octanol–water partition coefficient (Wildman–Crippen LogP) is 5.95. The van der Waals surface area contributed by atoms with Gasteiger partial charge in [-0.15, -0.1) is 11.3 Å². The largest absolute Gasteiger partial charge is 0.444 e. The second kappa shape index (κ2) is 12.3. The zero-order valence-corrected chi connectivity index (χ0v) is 25.3. The van der Waals surface area contributed by atoms with E-state index in [1.807, 2.05) is 75.5 Å². The van der Waals surface area contributed by atoms with E-state index in [9.17, 15) is 9.59 Å². The number of anilines is 1. The number of likely N-dealkylation sites (N-methyl/N-ethyl adjacent to an activating group) is 2. The van der Waals surface area contributed by atoms with Gasteiger partial charge in [0, 0.05) is 49.5 Å². The van der Waals surface area contributed by atoms with Crippen LogP contribution in [0.3, 0.4) is 0 Å². The number of rotatable bonds is 9. The van der Waals surface area contributed by atoms with Crippen LogP contribution >= 0.6 is 11.3 Å². The number of benzene rings is 2. The minimum Gasteiger partial charge on any atom is -0.444 e. The molecule has 11 heteroatoms. The van der Waals surface area contributed by atoms with Crippen molar-refractivity contribution in [2.75, 3.05) is 32.0 Å². The summed E-state index contributed by atoms with van der Waals surface area (Å²) in [5.41, 5.74) is 4.44. The summed E-state index contributed by atoms with van der Waals surface area (Å²) in [7, 11) is 1.76. The van der Waals surface area contributed by atoms with Gasteiger partial charge >= 0.3 is 6.09 Å². The molecule has 0 aliphatic carbocycles. The number of thiazole rings is 1. The molecule has 218 valence electrons. The average molecular weight is 586 g/mol. The molecule has 0 atom stereocenters. The number of amides is 2. The normalized spacial score (nSPS) is 11.8. The second-order valence-electron chi connectivity index (χ2n) is 11.0. The van der Waals surface area contributed by atoms with Gasteiger partial charge in [-0.05, 0) is 45.5 Å². The maximum atomic E-state index is 13.1. The van der Waals surface area contributed by atoms with Crippen molar-refractivity contribution in [2.24, 2.45) is 0 Å². The molecule has 3 heterocycles. The number of hydrogen-bond acceptors (Lipinski definition) is 8. The van der Waals surface area contributed by atoms with E-state index in [1.54, 1.807) is 23.3 Å². The first-order valence-electron chi connectivity index (χ1n) is 13.9. The van der Waals surface area contributed by atoms with Crippen LogP contribution in [0.25, 0.3) is 27.3 Å². The standard InChI is InChI=1S/C31H35N7O3S/c1-6-37(16-15-36(5)30(40)41-31(2,3)4)18-21-20-42-29-35-27(19-38(21)29)22-11-7-8-12-23(22)34-28(39)26-17-32-24-13-9-10-14-25(24)33-26/h7-14,17,19-20H,6,15-16,18H2,1-5H3,(H,34,39). The number of carbonyl (C=O) groups excluding carboxylic acids is 2. The third-order valence-corrected chi connectivity index (χ3v) is 7.59. The van der Waals surface area contributed by atoms with Crippen LogP contribution in [0.2, 0.25) is 0 Å². The molecule has 0 spiro atoms. The highest BCUT2D eigenvalue weighted by Crippen LogP contribution is 2.30. The van der Waals surface area contributed by atoms with Crippen molar-refractivity contribution < 1.29 is 14.3 Å². The molecule has 2 aromatic carbocycles. The number of imidazole rings is 1. The predicted molar refractivity (Wildman–Crippen MR) is 166 cm³/mol. The molecule has 0 unspecified atom stereocenters. The van der Waals surface area contributed by atoms with E-state index in [4.69, 9.17) is 9.72 Å². The zero-order chi connectivity index (χ0) is 29.9. The Balaban J connectivity index is 1.30. The maximum absolute atomic E-state index is 13.1. The Bertz CT molecular complexity index is 1720. The maximum Gasteiger partial charge on any atom is 0.410 e. The highest BCUT2D eigenvalue weighted by Gasteiger charge is 2.21. The number of nitrogens with one attached hydrogen (secondary N) is 1. The van der Waals surface area contributed by atoms with Gasteiger partial charge < -0.3 is 15.0 Å². The molecule has 2 amide bonds. The summed E-state index contributed by atoms with van der Waals surface area (Å²) in [5, 5.41) is 5.10. The van der Waals surface area contributed by atoms with Crippen molar-refractivity contribution in [3.8, 4) is 11.3 Å². The Labute approximate surface area is 249 Å². The summed E-state index contributed by atoms with van der Waals surface area (Å²) in [4.78, 5) is 43.9. The minimum atomic E-state index is -0.525. The van der Waals surface area contributed by atoms with Crippen LogP contribution in [-0.4, -0.2) is 73.4 Å². The molecule has 0 aliphatic heterocycles. The average Bonchev–Trinajstić information content (AvgIpc) is 3.55. The number of aromatic nitrogens is 4. The summed E-state index contributed by atoms with van der Waals surface area (Å²) < 4.78 is 7.57. The van der Waals surface area contributed by atoms with Gasteiger partial charge in [0.25, 0.3) is 5.91 Å². The Morgan fingerprint density at radius 2 is 1.76 bits per heavy atom. The van der Waals surface area contributed by atoms with Crippen molar-refractivity contribution in [1.29, 1.82) is 0 Å². The van der Waals surface area contributed by atoms with Crippen LogP contribution in [0.15, 0.2) is 66.3 Å². The van der Waals surface area contributed by atoms with Crippen LogP contribution in [0.5, 0.6) is 0 Å². The monoisotopic (exact) mass is 585 g/mol. The molecule has 0 bridgehead atoms. The molecular weight excluding hydrogens is 550 g/mol. The van der Waals surface area contributed by atoms with Crippen molar-refractivity contribution in [3.63, 3.8) is 0 Å². The smallest absolute Gasteiger partial charge is 0.410 e. The molecular formula is C31H35N7O3S. The van der Waals surface area contributed by atoms with Gasteiger partial charge in [-0.1, -0.05) is 37.3 Å². The minimum absolute atomic E-state index is 0.244. The Hall–Kier alpha value is -4.35. The second-order valence-corrected chi connectivity index (χ2v) is 11.9. The first kappa shape index (κ1) is 29.2. The fourth-order valence-electron chi connectivity index (χ4n) is 4.44. The van der Waals surface area contributed by atoms with Crippen molar-refractivity contribution >= 4 is 45.0 Å². The summed E-state index contributed by atoms with van der Waals surface area (Å²) in [6.45, 7) is 10.5. The molecule has 0 fully saturated rings. The molecule has 10 nitrogen and oxygen atoms in total. The van der Waals surface area contributed by atoms with E-state index >= 15 is 0 Å². The van der Waals surface area contributed by atoms with E-state index in [0.29, 0.717) is 30.8 Å². The first-order valence-corrected chi connectivity index (χ1v) is 14.7. The molecule has 42 heavy (non-hydrogen) atoms. The molecule has 0 saturated carbocycles. The van der Waals surface area contributed by atoms with E-state index in [-0.39, 0.29) is 17.7 Å². The molecule has 0 radical (unpaired) electrons. The lowest BCUT2D eigenvalue weighted by atomic mass is 10.1. The topological polar surface area (TPSA) is 105 Å². The highest BCUT2D eigenvalue weighted by molar-refractivity contribution is 7.15. The molecule has 0 aliphatic rings. The lowest BCUT2D eigenvalue weighted by Crippen LogP contribution is -2.39. The number of ether oxygens (including phenoxy) is 1. The summed E-state index contributed by atoms with van der Waals surface area (Å²) in [6.07, 6.45) is 3.17. The number of fused-ring (bicyclic) bond motifs is 2. The number of carbonyl (C=O) groups is 2. The Kier molecular flexibility index (Phi) is 8.51. The van der Waals surface area contributed by atoms with Gasteiger partial charge in [-0.25, -0.2) is 14.8 Å². The van der Waals surface area contributed by atoms with E-state index in [2.05, 4.69) is 36.9 Å². The first-order chi connectivity index (χ1) is 20.1. The summed E-state index contributed by atoms with van der Waals surface area (Å²) in [5.74, 6) is -0.336. The van der Waals surface area contributed by atoms with Crippen LogP contribution in [0.1, 0.15) is 43.9 Å². The molecule has 1 N–H and O–H groups in total. The quantitative estimate of drug-likeness (QED) is 0.228. The lowest BCUT2D eigenvalue weighted by molar-refractivity contribution is 0.0282. The Morgan fingerprint density at radius 1 is 1.02 bits per heavy atom. The van der Waals surface area contributed by atoms with Gasteiger partial charge in [-0.2, -0.15) is 0 Å². The molecule has 0 saturated heterocycles. The van der Waals surface area contributed by atoms with E-state index in [1.165, 1.54) is 6.20 Å². The number of nitrogens with zero attached hydrogens (tertiary/aromatic N) is 6. The van der Waals surface area contributed by atoms with Gasteiger partial charge in [0.2, 0.25) is 0 Å². The number of para-hydroxylation sites is 3. The summed E-state index contributed by atoms with van der Waals surface area (Å²) >= 11 is 1.57. The molecule has 3 aromatic heterocycles. The van der Waals surface area contributed by atoms with E-state index < -0.39 is 5.60 Å². The SMILES string of the molecule is CCN(CCN(C)C(=O)OC(C)(C)C)Cc1csc2nc(-c3ccccc3NC(=O)c3cnc4ccccc4n3)cn12. The van der Waals surface area contributed by atoms with Crippen molar-refractivity contribution in [1.82, 2.24) is 29.2 Å². The van der Waals surface area contributed by atoms with Crippen LogP contribution in [0.4, 0.5) is 10.5 Å². The third kappa shape index (κ3) is 6.75. The summed E-state index contributed by atoms with van der Waals surface area (Å²) in [6, 6.07) is 15.1. The Morgan fingerprint density at radius 3 is 2.52 bits per heavy atom. The fraction of sp³-hybridized carbons (Fsp3) is 0.323. The molecule has 5 rings (SSSR count). The van der Waals surface area contributed by atoms with Gasteiger partial charge in [0.15, 0.2) is 4.96 Å². The van der Waals surface area contributed by atoms with Crippen LogP contribution in [0, 0.1) is 0 Å². The van der Waals surface area contributed by atoms with E-state index in [0.717, 1.165) is 34.0 Å². The van der Waals surface area contributed by atoms with Crippen molar-refractivity contribution in [3.05, 3.63) is 77.7 Å². The molecule has 5 aromatic rings. The van der Waals surface area contributed by atoms with Crippen LogP contribution < -0.4 is 5.32 Å². The number of hydrogen-bond donors (Lipinski definition) is 1. The van der Waals surface area contributed by atoms with Gasteiger partial charge in [0.05, 0.1) is 28.6 Å². The van der Waals surface area contributed by atoms with Gasteiger partial charge in [0.1, 0.15) is 11.3 Å². The highest BCUT2D eigenvalue weighted by atomic mass is 32.1. The fourth-order valence-corrected chi connectivity index (χ4v) is 5.31. The third-order valence-electron chi connectivity index (χ3n) is 6.71. The zero-order valence-electron chi connectivity index (χ0n) is 24.5. The van der Waals surface area contributed by atoms with Crippen LogP contribution in [-0.2, 0) is 11.3 Å². The lowest BCUT2D eigenvalue weighted by Gasteiger charge is -2.27. The van der Waals surface area contributed by atoms with Gasteiger partial charge in [-0.3, -0.25) is 19.1 Å². The van der Waals surface area contributed by atoms with Crippen molar-refractivity contribution in [2.45, 2.75) is 39.8 Å².